The molecule has 0 unspecified atom stereocenters. The van der Waals surface area contributed by atoms with Gasteiger partial charge in [0.25, 0.3) is 0 Å². The van der Waals surface area contributed by atoms with Crippen LogP contribution in [-0.4, -0.2) is 0 Å². The number of allylic oxidation sites excluding steroid dienone is 4. The molecule has 0 aromatic rings. The Bertz CT molecular complexity index is 97.8. The number of hydrogen-bond acceptors (Lipinski definition) is 1. The average Bonchev–Trinajstić information content (AvgIpc) is 2.48. The first kappa shape index (κ1) is 13.8. The van der Waals surface area contributed by atoms with Gasteiger partial charge in [-0.25, -0.2) is 0 Å². The molecule has 1 aliphatic carbocycles. The Morgan fingerprint density at radius 1 is 1.00 bits per heavy atom. The van der Waals surface area contributed by atoms with Crippen LogP contribution in [0.4, 0.5) is 0 Å². The zero-order valence-electron chi connectivity index (χ0n) is 4.91. The Morgan fingerprint density at radius 2 is 1.30 bits per heavy atom. The fourth-order valence-electron chi connectivity index (χ4n) is 0.321. The Morgan fingerprint density at radius 3 is 1.40 bits per heavy atom. The fraction of sp³-hybridized carbons (Fsp3) is 0. The molecule has 2 nitrogen and oxygen atoms in total. The Kier molecular flexibility index (Phi) is 23.0. The molecule has 0 atom stereocenters. The molecule has 0 heterocycles. The van der Waals surface area contributed by atoms with Gasteiger partial charge in [0.15, 0.2) is 0 Å². The van der Waals surface area contributed by atoms with Crippen molar-refractivity contribution >= 4 is 38.7 Å². The Balaban J connectivity index is 0. The van der Waals surface area contributed by atoms with Crippen molar-refractivity contribution < 1.29 is 11.2 Å². The minimum absolute atomic E-state index is 0.410. The van der Waals surface area contributed by atoms with Gasteiger partial charge in [-0.05, 0) is 0 Å². The SMILES string of the molecule is [CH]1C=CC=C1.[I][Mo][I].[N-]=O. The smallest absolute Gasteiger partial charge is 0.423 e. The summed E-state index contributed by atoms with van der Waals surface area (Å²) in [6.45, 7) is 0. The van der Waals surface area contributed by atoms with Crippen molar-refractivity contribution in [2.75, 3.05) is 0 Å². The summed E-state index contributed by atoms with van der Waals surface area (Å²) in [5.74, 6) is 0. The van der Waals surface area contributed by atoms with Gasteiger partial charge in [-0.2, -0.15) is 0 Å². The van der Waals surface area contributed by atoms with Crippen LogP contribution in [0, 0.1) is 11.3 Å². The summed E-state index contributed by atoms with van der Waals surface area (Å²) in [7, 11) is 0. The predicted octanol–water partition coefficient (Wildman–Crippen LogP) is 3.41. The third-order valence-corrected chi connectivity index (χ3v) is 0.556. The molecule has 0 amide bonds. The van der Waals surface area contributed by atoms with Crippen LogP contribution in [0.2, 0.25) is 0 Å². The normalized spacial score (nSPS) is 11.0. The van der Waals surface area contributed by atoms with E-state index in [0.29, 0.717) is 11.2 Å². The van der Waals surface area contributed by atoms with E-state index in [0.717, 1.165) is 0 Å². The molecule has 1 rings (SSSR count). The third kappa shape index (κ3) is 16.1. The van der Waals surface area contributed by atoms with Crippen molar-refractivity contribution in [3.63, 3.8) is 0 Å². The number of rotatable bonds is 0. The van der Waals surface area contributed by atoms with Crippen LogP contribution < -0.4 is 0 Å². The van der Waals surface area contributed by atoms with Crippen molar-refractivity contribution in [2.45, 2.75) is 0 Å². The van der Waals surface area contributed by atoms with E-state index in [9.17, 15) is 0 Å². The van der Waals surface area contributed by atoms with Gasteiger partial charge in [0.2, 0.25) is 0 Å². The second kappa shape index (κ2) is 16.7. The second-order valence-corrected chi connectivity index (χ2v) is 16.5. The van der Waals surface area contributed by atoms with Gasteiger partial charge in [-0.1, -0.05) is 24.3 Å². The topological polar surface area (TPSA) is 39.4 Å². The van der Waals surface area contributed by atoms with Crippen LogP contribution >= 0.6 is 38.7 Å². The molecule has 5 heteroatoms. The van der Waals surface area contributed by atoms with Crippen molar-refractivity contribution in [2.24, 2.45) is 0 Å². The van der Waals surface area contributed by atoms with E-state index in [2.05, 4.69) is 38.7 Å². The molecule has 10 heavy (non-hydrogen) atoms. The Hall–Kier alpha value is 1.23. The van der Waals surface area contributed by atoms with Gasteiger partial charge in [0, 0.05) is 6.42 Å². The molecule has 0 bridgehead atoms. The van der Waals surface area contributed by atoms with Crippen LogP contribution in [0.25, 0.3) is 5.59 Å². The van der Waals surface area contributed by atoms with Crippen LogP contribution in [0.3, 0.4) is 0 Å². The number of nitroso groups, excluding NO2 is 1. The maximum Gasteiger partial charge on any atom is -0.423 e. The third-order valence-electron chi connectivity index (χ3n) is 0.556. The molecule has 0 aromatic heterocycles. The van der Waals surface area contributed by atoms with Crippen molar-refractivity contribution in [3.05, 3.63) is 41.2 Å². The molecule has 0 saturated carbocycles. The molecular formula is C5H5I2MoNO-. The van der Waals surface area contributed by atoms with E-state index in [1.165, 1.54) is 0 Å². The summed E-state index contributed by atoms with van der Waals surface area (Å²) in [6, 6.07) is 0. The van der Waals surface area contributed by atoms with E-state index in [1.807, 2.05) is 30.7 Å². The average molecular weight is 445 g/mol. The minimum atomic E-state index is 0.410. The summed E-state index contributed by atoms with van der Waals surface area (Å²) >= 11 is 5.22. The van der Waals surface area contributed by atoms with Gasteiger partial charge >= 0.3 is 49.9 Å². The van der Waals surface area contributed by atoms with Gasteiger partial charge in [0.05, 0.1) is 0 Å². The molecule has 0 aromatic carbocycles. The summed E-state index contributed by atoms with van der Waals surface area (Å²) < 4.78 is 0. The van der Waals surface area contributed by atoms with Crippen LogP contribution in [0.1, 0.15) is 0 Å². The first-order chi connectivity index (χ1) is 4.91. The largest absolute Gasteiger partial charge is 0.577 e. The number of halogens is 2. The molecule has 57 valence electrons. The first-order valence-corrected chi connectivity index (χ1v) is 14.1. The molecule has 0 aliphatic heterocycles. The fourth-order valence-corrected chi connectivity index (χ4v) is 0.321. The second-order valence-electron chi connectivity index (χ2n) is 1.02. The Labute approximate surface area is 89.9 Å². The number of hydrogen-bond donors (Lipinski definition) is 0. The van der Waals surface area contributed by atoms with E-state index in [1.54, 1.807) is 0 Å². The zero-order valence-corrected chi connectivity index (χ0v) is 11.2. The van der Waals surface area contributed by atoms with Crippen LogP contribution in [0.5, 0.6) is 0 Å². The molecule has 0 fully saturated rings. The number of nitrogens with zero attached hydrogens (tertiary/aromatic N) is 1. The predicted molar refractivity (Wildman–Crippen MR) is 57.3 cm³/mol. The van der Waals surface area contributed by atoms with Gasteiger partial charge in [0.1, 0.15) is 0 Å². The molecule has 0 spiro atoms. The van der Waals surface area contributed by atoms with E-state index in [4.69, 9.17) is 10.5 Å². The van der Waals surface area contributed by atoms with Crippen LogP contribution in [0.15, 0.2) is 24.3 Å². The van der Waals surface area contributed by atoms with Crippen LogP contribution in [-0.2, 0) is 11.2 Å². The zero-order chi connectivity index (χ0) is 8.24. The van der Waals surface area contributed by atoms with Gasteiger partial charge < -0.3 is 10.5 Å². The van der Waals surface area contributed by atoms with Crippen molar-refractivity contribution in [1.82, 2.24) is 0 Å². The van der Waals surface area contributed by atoms with Crippen molar-refractivity contribution in [3.8, 4) is 0 Å². The van der Waals surface area contributed by atoms with Crippen molar-refractivity contribution in [1.29, 1.82) is 0 Å². The minimum Gasteiger partial charge on any atom is -0.577 e. The van der Waals surface area contributed by atoms with E-state index >= 15 is 0 Å². The van der Waals surface area contributed by atoms with E-state index in [-0.39, 0.29) is 0 Å². The van der Waals surface area contributed by atoms with Gasteiger partial charge in [-0.3, -0.25) is 0 Å². The molecule has 1 aliphatic rings. The monoisotopic (exact) mass is 447 g/mol. The molecule has 0 saturated heterocycles. The summed E-state index contributed by atoms with van der Waals surface area (Å²) in [6.07, 6.45) is 10.0. The maximum absolute atomic E-state index is 7.25. The summed E-state index contributed by atoms with van der Waals surface area (Å²) in [5.41, 5.74) is 5.75. The molecular weight excluding hydrogens is 440 g/mol. The molecule has 0 N–H and O–H groups in total. The van der Waals surface area contributed by atoms with Gasteiger partial charge in [-0.15, -0.1) is 0 Å². The standard InChI is InChI=1S/C5H5.2HI.Mo.NO/c1-2-4-5-3-1;;;;1-2/h1-5H;2*1H;;/q;;;+2;-1/p-2. The summed E-state index contributed by atoms with van der Waals surface area (Å²) in [5, 5.41) is 0. The quantitative estimate of drug-likeness (QED) is 0.417. The maximum atomic E-state index is 7.25. The molecule has 1 radical (unpaired) electrons. The summed E-state index contributed by atoms with van der Waals surface area (Å²) in [4.78, 5) is 7.25. The van der Waals surface area contributed by atoms with E-state index < -0.39 is 0 Å². The first-order valence-electron chi connectivity index (χ1n) is 2.16.